The third-order valence-corrected chi connectivity index (χ3v) is 6.23. The lowest BCUT2D eigenvalue weighted by Crippen LogP contribution is -2.60. The van der Waals surface area contributed by atoms with Crippen molar-refractivity contribution in [3.63, 3.8) is 0 Å². The number of nitriles is 1. The predicted octanol–water partition coefficient (Wildman–Crippen LogP) is 3.95. The van der Waals surface area contributed by atoms with Crippen molar-refractivity contribution < 1.29 is 13.6 Å². The number of rotatable bonds is 2. The average Bonchev–Trinajstić information content (AvgIpc) is 2.93. The van der Waals surface area contributed by atoms with Gasteiger partial charge in [0, 0.05) is 35.9 Å². The van der Waals surface area contributed by atoms with Crippen LogP contribution >= 0.6 is 0 Å². The molecule has 7 heteroatoms. The number of carbonyl (C=O) groups excluding carboxylic acids is 1. The summed E-state index contributed by atoms with van der Waals surface area (Å²) in [5.41, 5.74) is 0.321. The zero-order chi connectivity index (χ0) is 18.8. The summed E-state index contributed by atoms with van der Waals surface area (Å²) in [4.78, 5) is 20.5. The first kappa shape index (κ1) is 16.4. The third kappa shape index (κ3) is 2.39. The van der Waals surface area contributed by atoms with E-state index in [-0.39, 0.29) is 30.3 Å². The standard InChI is InChI=1S/C20H18F2N4O/c21-20(22)11-19(12-20)5-14(6-19)25-10-15(7-23)26(18(25)27)17-9-24-8-13-3-1-2-4-16(13)17/h1-4,8-9,14-15H,5-6,10-12H2. The monoisotopic (exact) mass is 368 g/mol. The molecule has 1 aromatic heterocycles. The Morgan fingerprint density at radius 3 is 2.63 bits per heavy atom. The van der Waals surface area contributed by atoms with Crippen molar-refractivity contribution in [1.29, 1.82) is 5.26 Å². The minimum absolute atomic E-state index is 0.0580. The van der Waals surface area contributed by atoms with Gasteiger partial charge < -0.3 is 4.90 Å². The van der Waals surface area contributed by atoms with Crippen molar-refractivity contribution in [1.82, 2.24) is 9.88 Å². The lowest BCUT2D eigenvalue weighted by molar-refractivity contribution is -0.205. The second-order valence-corrected chi connectivity index (χ2v) is 8.10. The molecule has 2 aromatic rings. The van der Waals surface area contributed by atoms with E-state index in [4.69, 9.17) is 0 Å². The summed E-state index contributed by atoms with van der Waals surface area (Å²) < 4.78 is 26.5. The smallest absolute Gasteiger partial charge is 0.318 e. The van der Waals surface area contributed by atoms with Crippen molar-refractivity contribution in [3.8, 4) is 6.07 Å². The summed E-state index contributed by atoms with van der Waals surface area (Å²) in [6, 6.07) is 8.93. The quantitative estimate of drug-likeness (QED) is 0.806. The highest BCUT2D eigenvalue weighted by Crippen LogP contribution is 2.63. The molecule has 1 saturated heterocycles. The van der Waals surface area contributed by atoms with E-state index in [9.17, 15) is 18.8 Å². The van der Waals surface area contributed by atoms with E-state index in [2.05, 4.69) is 11.1 Å². The Bertz CT molecular complexity index is 964. The van der Waals surface area contributed by atoms with Crippen LogP contribution in [0.25, 0.3) is 10.8 Å². The maximum Gasteiger partial charge on any atom is 0.326 e. The first-order valence-electron chi connectivity index (χ1n) is 9.11. The summed E-state index contributed by atoms with van der Waals surface area (Å²) in [7, 11) is 0. The predicted molar refractivity (Wildman–Crippen MR) is 95.4 cm³/mol. The molecule has 1 atom stereocenters. The van der Waals surface area contributed by atoms with Crippen molar-refractivity contribution in [2.45, 2.75) is 43.7 Å². The van der Waals surface area contributed by atoms with Crippen LogP contribution < -0.4 is 4.90 Å². The molecule has 1 spiro atoms. The van der Waals surface area contributed by atoms with Crippen LogP contribution in [-0.4, -0.2) is 40.5 Å². The molecule has 1 unspecified atom stereocenters. The molecule has 3 fully saturated rings. The number of halogens is 2. The van der Waals surface area contributed by atoms with Gasteiger partial charge >= 0.3 is 6.03 Å². The van der Waals surface area contributed by atoms with Gasteiger partial charge in [0.2, 0.25) is 5.92 Å². The van der Waals surface area contributed by atoms with E-state index < -0.39 is 12.0 Å². The highest BCUT2D eigenvalue weighted by Gasteiger charge is 2.63. The Labute approximate surface area is 155 Å². The van der Waals surface area contributed by atoms with Gasteiger partial charge in [-0.2, -0.15) is 5.26 Å². The number of aromatic nitrogens is 1. The summed E-state index contributed by atoms with van der Waals surface area (Å²) in [5.74, 6) is -2.55. The number of fused-ring (bicyclic) bond motifs is 1. The molecule has 1 aromatic carbocycles. The largest absolute Gasteiger partial charge is 0.326 e. The van der Waals surface area contributed by atoms with E-state index >= 15 is 0 Å². The number of hydrogen-bond acceptors (Lipinski definition) is 3. The number of amides is 2. The van der Waals surface area contributed by atoms with Crippen LogP contribution in [0.15, 0.2) is 36.7 Å². The zero-order valence-corrected chi connectivity index (χ0v) is 14.6. The Kier molecular flexibility index (Phi) is 3.27. The second kappa shape index (κ2) is 5.38. The second-order valence-electron chi connectivity index (χ2n) is 8.10. The molecule has 1 aliphatic heterocycles. The van der Waals surface area contributed by atoms with Gasteiger partial charge in [0.1, 0.15) is 6.04 Å². The number of pyridine rings is 1. The highest BCUT2D eigenvalue weighted by molar-refractivity contribution is 6.04. The zero-order valence-electron chi connectivity index (χ0n) is 14.6. The molecule has 2 aliphatic carbocycles. The lowest BCUT2D eigenvalue weighted by atomic mass is 9.52. The maximum absolute atomic E-state index is 13.2. The molecule has 0 bridgehead atoms. The molecule has 3 aliphatic rings. The fraction of sp³-hybridized carbons (Fsp3) is 0.450. The Hall–Kier alpha value is -2.75. The first-order valence-corrected chi connectivity index (χ1v) is 9.11. The number of nitrogens with zero attached hydrogens (tertiary/aromatic N) is 4. The van der Waals surface area contributed by atoms with E-state index in [0.717, 1.165) is 10.8 Å². The third-order valence-electron chi connectivity index (χ3n) is 6.23. The van der Waals surface area contributed by atoms with Gasteiger partial charge in [-0.3, -0.25) is 9.88 Å². The summed E-state index contributed by atoms with van der Waals surface area (Å²) in [5, 5.41) is 11.4. The first-order chi connectivity index (χ1) is 12.9. The molecule has 0 N–H and O–H groups in total. The number of anilines is 1. The van der Waals surface area contributed by atoms with Crippen LogP contribution in [0.4, 0.5) is 19.3 Å². The molecular formula is C20H18F2N4O. The number of benzene rings is 1. The number of carbonyl (C=O) groups is 1. The molecule has 5 rings (SSSR count). The van der Waals surface area contributed by atoms with Crippen LogP contribution in [-0.2, 0) is 0 Å². The van der Waals surface area contributed by atoms with Crippen LogP contribution in [0.2, 0.25) is 0 Å². The number of hydrogen-bond donors (Lipinski definition) is 0. The fourth-order valence-electron chi connectivity index (χ4n) is 5.08. The van der Waals surface area contributed by atoms with Crippen molar-refractivity contribution in [2.75, 3.05) is 11.4 Å². The molecule has 2 saturated carbocycles. The van der Waals surface area contributed by atoms with Gasteiger partial charge in [-0.15, -0.1) is 0 Å². The van der Waals surface area contributed by atoms with Gasteiger partial charge in [-0.1, -0.05) is 24.3 Å². The van der Waals surface area contributed by atoms with Gasteiger partial charge in [0.05, 0.1) is 24.5 Å². The van der Waals surface area contributed by atoms with Gasteiger partial charge in [-0.05, 0) is 18.3 Å². The molecule has 5 nitrogen and oxygen atoms in total. The van der Waals surface area contributed by atoms with Crippen LogP contribution in [0, 0.1) is 16.7 Å². The molecular weight excluding hydrogens is 350 g/mol. The SMILES string of the molecule is N#CC1CN(C2CC3(C2)CC(F)(F)C3)C(=O)N1c1cncc2ccccc12. The minimum Gasteiger partial charge on any atom is -0.318 e. The Balaban J connectivity index is 1.41. The van der Waals surface area contributed by atoms with Crippen LogP contribution in [0.1, 0.15) is 25.7 Å². The summed E-state index contributed by atoms with van der Waals surface area (Å²) in [6.45, 7) is 0.301. The van der Waals surface area contributed by atoms with Crippen LogP contribution in [0.3, 0.4) is 0 Å². The summed E-state index contributed by atoms with van der Waals surface area (Å²) in [6.07, 6.45) is 4.41. The maximum atomic E-state index is 13.2. The van der Waals surface area contributed by atoms with E-state index in [0.29, 0.717) is 25.1 Å². The summed E-state index contributed by atoms with van der Waals surface area (Å²) >= 11 is 0. The Morgan fingerprint density at radius 1 is 1.19 bits per heavy atom. The Morgan fingerprint density at radius 2 is 1.93 bits per heavy atom. The fourth-order valence-corrected chi connectivity index (χ4v) is 5.08. The lowest BCUT2D eigenvalue weighted by Gasteiger charge is -2.58. The molecule has 2 amide bonds. The van der Waals surface area contributed by atoms with E-state index in [1.165, 1.54) is 4.90 Å². The average molecular weight is 368 g/mol. The van der Waals surface area contributed by atoms with E-state index in [1.807, 2.05) is 24.3 Å². The topological polar surface area (TPSA) is 60.2 Å². The van der Waals surface area contributed by atoms with Crippen LogP contribution in [0.5, 0.6) is 0 Å². The molecule has 0 radical (unpaired) electrons. The minimum atomic E-state index is -2.55. The van der Waals surface area contributed by atoms with Gasteiger partial charge in [0.15, 0.2) is 0 Å². The van der Waals surface area contributed by atoms with Gasteiger partial charge in [-0.25, -0.2) is 13.6 Å². The highest BCUT2D eigenvalue weighted by atomic mass is 19.3. The molecule has 27 heavy (non-hydrogen) atoms. The van der Waals surface area contributed by atoms with Gasteiger partial charge in [0.25, 0.3) is 0 Å². The van der Waals surface area contributed by atoms with Crippen molar-refractivity contribution in [3.05, 3.63) is 36.7 Å². The molecule has 138 valence electrons. The number of urea groups is 1. The molecule has 2 heterocycles. The van der Waals surface area contributed by atoms with E-state index in [1.54, 1.807) is 17.3 Å². The van der Waals surface area contributed by atoms with Crippen molar-refractivity contribution in [2.24, 2.45) is 5.41 Å². The normalized spacial score (nSPS) is 26.1. The number of alkyl halides is 2. The van der Waals surface area contributed by atoms with Crippen molar-refractivity contribution >= 4 is 22.5 Å².